The predicted octanol–water partition coefficient (Wildman–Crippen LogP) is 1.89. The van der Waals surface area contributed by atoms with Crippen LogP contribution in [0.5, 0.6) is 0 Å². The molecule has 3 aliphatic rings. The molecule has 0 bridgehead atoms. The van der Waals surface area contributed by atoms with Gasteiger partial charge in [-0.3, -0.25) is 4.79 Å². The second-order valence-corrected chi connectivity index (χ2v) is 7.72. The van der Waals surface area contributed by atoms with Gasteiger partial charge in [0.25, 0.3) is 0 Å². The molecule has 25 heavy (non-hydrogen) atoms. The summed E-state index contributed by atoms with van der Waals surface area (Å²) in [7, 11) is 0. The van der Waals surface area contributed by atoms with Crippen LogP contribution in [0.3, 0.4) is 0 Å². The third kappa shape index (κ3) is 2.85. The normalized spacial score (nSPS) is 24.3. The van der Waals surface area contributed by atoms with Crippen molar-refractivity contribution in [2.24, 2.45) is 5.92 Å². The van der Waals surface area contributed by atoms with Gasteiger partial charge in [-0.05, 0) is 44.2 Å². The molecule has 2 saturated carbocycles. The van der Waals surface area contributed by atoms with Gasteiger partial charge in [0.1, 0.15) is 5.82 Å². The van der Waals surface area contributed by atoms with Crippen LogP contribution in [0.4, 0.5) is 5.82 Å². The van der Waals surface area contributed by atoms with E-state index in [0.29, 0.717) is 5.92 Å². The minimum absolute atomic E-state index is 0.231. The van der Waals surface area contributed by atoms with Crippen molar-refractivity contribution in [3.05, 3.63) is 18.0 Å². The number of anilines is 1. The average Bonchev–Trinajstić information content (AvgIpc) is 3.08. The molecule has 7 nitrogen and oxygen atoms in total. The van der Waals surface area contributed by atoms with E-state index in [4.69, 9.17) is 5.10 Å². The molecule has 0 radical (unpaired) electrons. The highest BCUT2D eigenvalue weighted by molar-refractivity contribution is 5.79. The first-order chi connectivity index (χ1) is 12.3. The highest BCUT2D eigenvalue weighted by Crippen LogP contribution is 2.38. The van der Waals surface area contributed by atoms with E-state index < -0.39 is 0 Å². The van der Waals surface area contributed by atoms with Crippen molar-refractivity contribution < 1.29 is 4.79 Å². The SMILES string of the molecule is O=C(NC1CCN(c2ccc3nnc(C4CC4)n3n2)C1)C1CCCC1. The van der Waals surface area contributed by atoms with E-state index >= 15 is 0 Å². The van der Waals surface area contributed by atoms with Gasteiger partial charge in [-0.15, -0.1) is 15.3 Å². The molecule has 2 aromatic heterocycles. The Kier molecular flexibility index (Phi) is 3.60. The van der Waals surface area contributed by atoms with E-state index in [9.17, 15) is 4.79 Å². The van der Waals surface area contributed by atoms with Crippen LogP contribution in [0.1, 0.15) is 56.7 Å². The molecular weight excluding hydrogens is 316 g/mol. The van der Waals surface area contributed by atoms with E-state index in [1.54, 1.807) is 0 Å². The Morgan fingerprint density at radius 2 is 1.92 bits per heavy atom. The molecule has 3 fully saturated rings. The molecular formula is C18H24N6O. The van der Waals surface area contributed by atoms with Gasteiger partial charge in [0.05, 0.1) is 0 Å². The molecule has 1 atom stereocenters. The minimum atomic E-state index is 0.231. The monoisotopic (exact) mass is 340 g/mol. The van der Waals surface area contributed by atoms with Crippen molar-refractivity contribution in [1.82, 2.24) is 25.1 Å². The Hall–Kier alpha value is -2.18. The number of fused-ring (bicyclic) bond motifs is 1. The van der Waals surface area contributed by atoms with Crippen LogP contribution in [-0.4, -0.2) is 44.8 Å². The quantitative estimate of drug-likeness (QED) is 0.920. The Bertz CT molecular complexity index is 792. The lowest BCUT2D eigenvalue weighted by Gasteiger charge is -2.19. The van der Waals surface area contributed by atoms with Crippen LogP contribution in [0.2, 0.25) is 0 Å². The Labute approximate surface area is 146 Å². The molecule has 132 valence electrons. The van der Waals surface area contributed by atoms with Crippen LogP contribution in [0.15, 0.2) is 12.1 Å². The summed E-state index contributed by atoms with van der Waals surface area (Å²) >= 11 is 0. The van der Waals surface area contributed by atoms with E-state index in [0.717, 1.165) is 49.6 Å². The zero-order valence-electron chi connectivity index (χ0n) is 14.4. The maximum absolute atomic E-state index is 12.3. The summed E-state index contributed by atoms with van der Waals surface area (Å²) in [5.41, 5.74) is 0.816. The fraction of sp³-hybridized carbons (Fsp3) is 0.667. The molecule has 5 rings (SSSR count). The minimum Gasteiger partial charge on any atom is -0.353 e. The lowest BCUT2D eigenvalue weighted by molar-refractivity contribution is -0.125. The van der Waals surface area contributed by atoms with Crippen molar-refractivity contribution >= 4 is 17.4 Å². The summed E-state index contributed by atoms with van der Waals surface area (Å²) in [6.45, 7) is 1.76. The molecule has 1 unspecified atom stereocenters. The first-order valence-electron chi connectivity index (χ1n) is 9.55. The number of hydrogen-bond donors (Lipinski definition) is 1. The van der Waals surface area contributed by atoms with Crippen LogP contribution in [0.25, 0.3) is 5.65 Å². The lowest BCUT2D eigenvalue weighted by Crippen LogP contribution is -2.40. The topological polar surface area (TPSA) is 75.4 Å². The molecule has 2 aromatic rings. The Morgan fingerprint density at radius 3 is 2.72 bits per heavy atom. The number of carbonyl (C=O) groups is 1. The molecule has 3 heterocycles. The first kappa shape index (κ1) is 15.1. The van der Waals surface area contributed by atoms with Crippen molar-refractivity contribution in [2.45, 2.75) is 56.9 Å². The highest BCUT2D eigenvalue weighted by Gasteiger charge is 2.31. The largest absolute Gasteiger partial charge is 0.353 e. The summed E-state index contributed by atoms with van der Waals surface area (Å²) in [6.07, 6.45) is 7.85. The van der Waals surface area contributed by atoms with Crippen LogP contribution in [-0.2, 0) is 4.79 Å². The van der Waals surface area contributed by atoms with Crippen LogP contribution >= 0.6 is 0 Å². The average molecular weight is 340 g/mol. The Morgan fingerprint density at radius 1 is 1.08 bits per heavy atom. The van der Waals surface area contributed by atoms with Gasteiger partial charge >= 0.3 is 0 Å². The predicted molar refractivity (Wildman–Crippen MR) is 93.5 cm³/mol. The number of nitrogens with zero attached hydrogens (tertiary/aromatic N) is 5. The second kappa shape index (κ2) is 5.97. The van der Waals surface area contributed by atoms with Crippen LogP contribution < -0.4 is 10.2 Å². The van der Waals surface area contributed by atoms with E-state index in [1.165, 1.54) is 25.7 Å². The van der Waals surface area contributed by atoms with Gasteiger partial charge in [0.2, 0.25) is 5.91 Å². The molecule has 1 amide bonds. The van der Waals surface area contributed by atoms with Crippen molar-refractivity contribution in [3.8, 4) is 0 Å². The number of nitrogens with one attached hydrogen (secondary N) is 1. The maximum atomic E-state index is 12.3. The summed E-state index contributed by atoms with van der Waals surface area (Å²) in [5, 5.41) is 16.5. The standard InChI is InChI=1S/C18H24N6O/c25-18(13-3-1-2-4-13)19-14-9-10-23(11-14)16-8-7-15-20-21-17(12-5-6-12)24(15)22-16/h7-8,12-14H,1-6,9-11H2,(H,19,25). The smallest absolute Gasteiger partial charge is 0.223 e. The molecule has 1 N–H and O–H groups in total. The molecule has 0 spiro atoms. The number of hydrogen-bond acceptors (Lipinski definition) is 5. The number of amides is 1. The lowest BCUT2D eigenvalue weighted by atomic mass is 10.1. The Balaban J connectivity index is 1.28. The second-order valence-electron chi connectivity index (χ2n) is 7.72. The molecule has 2 aliphatic carbocycles. The van der Waals surface area contributed by atoms with Gasteiger partial charge in [-0.1, -0.05) is 12.8 Å². The summed E-state index contributed by atoms with van der Waals surface area (Å²) in [6, 6.07) is 4.24. The third-order valence-electron chi connectivity index (χ3n) is 5.80. The van der Waals surface area contributed by atoms with Crippen molar-refractivity contribution in [2.75, 3.05) is 18.0 Å². The van der Waals surface area contributed by atoms with E-state index in [2.05, 4.69) is 20.4 Å². The maximum Gasteiger partial charge on any atom is 0.223 e. The van der Waals surface area contributed by atoms with Gasteiger partial charge in [-0.25, -0.2) is 0 Å². The number of rotatable bonds is 4. The fourth-order valence-corrected chi connectivity index (χ4v) is 4.15. The van der Waals surface area contributed by atoms with Gasteiger partial charge in [0.15, 0.2) is 11.5 Å². The van der Waals surface area contributed by atoms with Gasteiger partial charge in [-0.2, -0.15) is 4.52 Å². The molecule has 1 saturated heterocycles. The summed E-state index contributed by atoms with van der Waals surface area (Å²) < 4.78 is 1.90. The van der Waals surface area contributed by atoms with Gasteiger partial charge < -0.3 is 10.2 Å². The third-order valence-corrected chi connectivity index (χ3v) is 5.80. The molecule has 0 aromatic carbocycles. The molecule has 1 aliphatic heterocycles. The van der Waals surface area contributed by atoms with Crippen LogP contribution in [0, 0.1) is 5.92 Å². The zero-order chi connectivity index (χ0) is 16.8. The van der Waals surface area contributed by atoms with Crippen molar-refractivity contribution in [3.63, 3.8) is 0 Å². The highest BCUT2D eigenvalue weighted by atomic mass is 16.2. The number of aromatic nitrogens is 4. The zero-order valence-corrected chi connectivity index (χ0v) is 14.4. The van der Waals surface area contributed by atoms with Crippen molar-refractivity contribution in [1.29, 1.82) is 0 Å². The summed E-state index contributed by atoms with van der Waals surface area (Å²) in [4.78, 5) is 14.6. The fourth-order valence-electron chi connectivity index (χ4n) is 4.15. The molecule has 7 heteroatoms. The van der Waals surface area contributed by atoms with Gasteiger partial charge in [0, 0.05) is 31.0 Å². The number of carbonyl (C=O) groups excluding carboxylic acids is 1. The first-order valence-corrected chi connectivity index (χ1v) is 9.55. The van der Waals surface area contributed by atoms with E-state index in [-0.39, 0.29) is 17.9 Å². The van der Waals surface area contributed by atoms with E-state index in [1.807, 2.05) is 16.6 Å². The summed E-state index contributed by atoms with van der Waals surface area (Å²) in [5.74, 6) is 2.95.